The van der Waals surface area contributed by atoms with Crippen LogP contribution in [0.3, 0.4) is 0 Å². The summed E-state index contributed by atoms with van der Waals surface area (Å²) in [4.78, 5) is 0. The molecule has 0 saturated carbocycles. The van der Waals surface area contributed by atoms with Crippen LogP contribution in [0.1, 0.15) is 0 Å². The van der Waals surface area contributed by atoms with Crippen LogP contribution in [0.25, 0.3) is 11.6 Å². The van der Waals surface area contributed by atoms with Crippen molar-refractivity contribution in [3.8, 4) is 11.6 Å². The largest absolute Gasteiger partial charge is 0.353 e. The minimum absolute atomic E-state index is 0.557. The van der Waals surface area contributed by atoms with Gasteiger partial charge in [-0.1, -0.05) is 5.16 Å². The average Bonchev–Trinajstić information content (AvgIpc) is 2.64. The summed E-state index contributed by atoms with van der Waals surface area (Å²) in [6, 6.07) is 1.73. The minimum atomic E-state index is 0.557. The normalized spacial score (nSPS) is 10.4. The van der Waals surface area contributed by atoms with Gasteiger partial charge in [-0.2, -0.15) is 5.10 Å². The minimum Gasteiger partial charge on any atom is -0.353 e. The van der Waals surface area contributed by atoms with Crippen molar-refractivity contribution in [1.82, 2.24) is 19.9 Å². The van der Waals surface area contributed by atoms with Gasteiger partial charge in [0.15, 0.2) is 4.77 Å². The average molecular weight is 182 g/mol. The molecule has 12 heavy (non-hydrogen) atoms. The van der Waals surface area contributed by atoms with Gasteiger partial charge in [-0.05, 0) is 12.2 Å². The second-order valence-corrected chi connectivity index (χ2v) is 2.67. The molecule has 62 valence electrons. The summed E-state index contributed by atoms with van der Waals surface area (Å²) < 4.78 is 7.19. The lowest BCUT2D eigenvalue weighted by Crippen LogP contribution is -1.90. The van der Waals surface area contributed by atoms with Crippen molar-refractivity contribution in [2.24, 2.45) is 7.05 Å². The van der Waals surface area contributed by atoms with Gasteiger partial charge in [-0.3, -0.25) is 5.10 Å². The zero-order chi connectivity index (χ0) is 8.55. The summed E-state index contributed by atoms with van der Waals surface area (Å²) >= 11 is 4.93. The smallest absolute Gasteiger partial charge is 0.204 e. The van der Waals surface area contributed by atoms with Gasteiger partial charge in [0, 0.05) is 13.1 Å². The van der Waals surface area contributed by atoms with Crippen molar-refractivity contribution in [2.45, 2.75) is 0 Å². The third-order valence-electron chi connectivity index (χ3n) is 1.54. The Bertz CT molecular complexity index is 427. The summed E-state index contributed by atoms with van der Waals surface area (Å²) in [6.45, 7) is 0. The van der Waals surface area contributed by atoms with Gasteiger partial charge in [0.25, 0.3) is 0 Å². The van der Waals surface area contributed by atoms with Crippen LogP contribution < -0.4 is 0 Å². The zero-order valence-electron chi connectivity index (χ0n) is 6.31. The van der Waals surface area contributed by atoms with Crippen LogP contribution in [0, 0.1) is 4.77 Å². The highest BCUT2D eigenvalue weighted by Crippen LogP contribution is 2.13. The quantitative estimate of drug-likeness (QED) is 0.672. The lowest BCUT2D eigenvalue weighted by atomic mass is 10.4. The number of rotatable bonds is 1. The first kappa shape index (κ1) is 7.23. The molecular formula is C6H6N4OS. The molecule has 0 spiro atoms. The fourth-order valence-corrected chi connectivity index (χ4v) is 1.03. The number of H-pyrrole nitrogens is 1. The molecule has 0 bridgehead atoms. The second kappa shape index (κ2) is 2.56. The molecule has 2 aromatic heterocycles. The molecule has 0 unspecified atom stereocenters. The third kappa shape index (κ3) is 0.964. The van der Waals surface area contributed by atoms with Crippen LogP contribution in [0.4, 0.5) is 0 Å². The molecular weight excluding hydrogens is 176 g/mol. The van der Waals surface area contributed by atoms with Crippen molar-refractivity contribution >= 4 is 12.2 Å². The Kier molecular flexibility index (Phi) is 1.54. The first-order valence-electron chi connectivity index (χ1n) is 3.31. The van der Waals surface area contributed by atoms with Crippen LogP contribution in [-0.2, 0) is 7.05 Å². The third-order valence-corrected chi connectivity index (χ3v) is 1.90. The predicted molar refractivity (Wildman–Crippen MR) is 43.9 cm³/mol. The van der Waals surface area contributed by atoms with Crippen molar-refractivity contribution in [3.63, 3.8) is 0 Å². The molecule has 0 radical (unpaired) electrons. The van der Waals surface area contributed by atoms with E-state index in [1.54, 1.807) is 16.8 Å². The van der Waals surface area contributed by atoms with Crippen molar-refractivity contribution in [3.05, 3.63) is 17.0 Å². The van der Waals surface area contributed by atoms with E-state index in [1.165, 1.54) is 0 Å². The molecule has 0 fully saturated rings. The standard InChI is InChI=1S/C6H6N4OS/c1-10-5(8-9-6(10)12)4-2-3-7-11-4/h2-3H,1H3,(H,9,12). The lowest BCUT2D eigenvalue weighted by Gasteiger charge is -1.91. The maximum atomic E-state index is 4.93. The summed E-state index contributed by atoms with van der Waals surface area (Å²) in [6.07, 6.45) is 1.56. The number of aromatic nitrogens is 4. The Labute approximate surface area is 73.0 Å². The SMILES string of the molecule is Cn1c(-c2ccno2)n[nH]c1=S. The molecule has 0 atom stereocenters. The number of hydrogen-bond acceptors (Lipinski definition) is 4. The Morgan fingerprint density at radius 3 is 3.00 bits per heavy atom. The molecule has 0 aliphatic heterocycles. The van der Waals surface area contributed by atoms with Crippen LogP contribution in [-0.4, -0.2) is 19.9 Å². The number of nitrogens with zero attached hydrogens (tertiary/aromatic N) is 3. The van der Waals surface area contributed by atoms with Crippen LogP contribution in [0.2, 0.25) is 0 Å². The van der Waals surface area contributed by atoms with E-state index in [-0.39, 0.29) is 0 Å². The lowest BCUT2D eigenvalue weighted by molar-refractivity contribution is 0.428. The van der Waals surface area contributed by atoms with Crippen LogP contribution >= 0.6 is 12.2 Å². The summed E-state index contributed by atoms with van der Waals surface area (Å²) in [5.74, 6) is 1.25. The van der Waals surface area contributed by atoms with E-state index in [0.29, 0.717) is 16.4 Å². The van der Waals surface area contributed by atoms with Crippen LogP contribution in [0.5, 0.6) is 0 Å². The van der Waals surface area contributed by atoms with Crippen molar-refractivity contribution < 1.29 is 4.52 Å². The molecule has 6 heteroatoms. The Hall–Kier alpha value is -1.43. The molecule has 5 nitrogen and oxygen atoms in total. The first-order valence-corrected chi connectivity index (χ1v) is 3.72. The van der Waals surface area contributed by atoms with Crippen molar-refractivity contribution in [1.29, 1.82) is 0 Å². The van der Waals surface area contributed by atoms with Gasteiger partial charge >= 0.3 is 0 Å². The van der Waals surface area contributed by atoms with Gasteiger partial charge in [0.05, 0.1) is 6.20 Å². The topological polar surface area (TPSA) is 59.6 Å². The number of hydrogen-bond donors (Lipinski definition) is 1. The molecule has 0 aliphatic rings. The van der Waals surface area contributed by atoms with Crippen LogP contribution in [0.15, 0.2) is 16.8 Å². The maximum absolute atomic E-state index is 4.93. The number of nitrogens with one attached hydrogen (secondary N) is 1. The molecule has 2 rings (SSSR count). The van der Waals surface area contributed by atoms with Gasteiger partial charge in [-0.15, -0.1) is 0 Å². The van der Waals surface area contributed by atoms with E-state index >= 15 is 0 Å². The fourth-order valence-electron chi connectivity index (χ4n) is 0.898. The Morgan fingerprint density at radius 1 is 1.67 bits per heavy atom. The summed E-state index contributed by atoms with van der Waals surface area (Å²) in [5.41, 5.74) is 0. The van der Waals surface area contributed by atoms with E-state index in [0.717, 1.165) is 0 Å². The molecule has 1 N–H and O–H groups in total. The highest BCUT2D eigenvalue weighted by Gasteiger charge is 2.07. The zero-order valence-corrected chi connectivity index (χ0v) is 7.13. The molecule has 0 aliphatic carbocycles. The first-order chi connectivity index (χ1) is 5.79. The molecule has 0 amide bonds. The fraction of sp³-hybridized carbons (Fsp3) is 0.167. The molecule has 0 saturated heterocycles. The van der Waals surface area contributed by atoms with E-state index in [4.69, 9.17) is 16.7 Å². The molecule has 2 heterocycles. The monoisotopic (exact) mass is 182 g/mol. The van der Waals surface area contributed by atoms with Crippen molar-refractivity contribution in [2.75, 3.05) is 0 Å². The maximum Gasteiger partial charge on any atom is 0.204 e. The Morgan fingerprint density at radius 2 is 2.50 bits per heavy atom. The molecule has 0 aromatic carbocycles. The van der Waals surface area contributed by atoms with E-state index < -0.39 is 0 Å². The van der Waals surface area contributed by atoms with E-state index in [2.05, 4.69) is 15.4 Å². The predicted octanol–water partition coefficient (Wildman–Crippen LogP) is 1.13. The summed E-state index contributed by atoms with van der Waals surface area (Å²) in [7, 11) is 1.81. The summed E-state index contributed by atoms with van der Waals surface area (Å²) in [5, 5.41) is 10.2. The second-order valence-electron chi connectivity index (χ2n) is 2.29. The van der Waals surface area contributed by atoms with E-state index in [1.807, 2.05) is 7.05 Å². The highest BCUT2D eigenvalue weighted by molar-refractivity contribution is 7.71. The number of aromatic amines is 1. The van der Waals surface area contributed by atoms with Gasteiger partial charge in [0.2, 0.25) is 11.6 Å². The Balaban J connectivity index is 2.62. The van der Waals surface area contributed by atoms with Gasteiger partial charge in [0.1, 0.15) is 0 Å². The van der Waals surface area contributed by atoms with Gasteiger partial charge < -0.3 is 9.09 Å². The van der Waals surface area contributed by atoms with Gasteiger partial charge in [-0.25, -0.2) is 0 Å². The van der Waals surface area contributed by atoms with E-state index in [9.17, 15) is 0 Å². The molecule has 2 aromatic rings. The highest BCUT2D eigenvalue weighted by atomic mass is 32.1.